The molecule has 1 fully saturated rings. The second kappa shape index (κ2) is 8.88. The maximum absolute atomic E-state index is 9.96. The standard InChI is InChI=1S/C11H20N4.C5H11NO2/c1-11(2,8-14-5-3-4-6-14)15-7-10(12)13-9-15;1-2-3-4(6)5(7)8/h7,9H,3-6,8,12H2,1-2H3;4H,2-3,6H2,1H3,(H,7,8). The summed E-state index contributed by atoms with van der Waals surface area (Å²) < 4.78 is 2.11. The summed E-state index contributed by atoms with van der Waals surface area (Å²) in [6.07, 6.45) is 7.80. The number of anilines is 1. The molecule has 7 heteroatoms. The number of hydrogen-bond donors (Lipinski definition) is 3. The highest BCUT2D eigenvalue weighted by Crippen LogP contribution is 2.20. The van der Waals surface area contributed by atoms with Crippen molar-refractivity contribution in [2.24, 2.45) is 5.73 Å². The Morgan fingerprint density at radius 3 is 2.43 bits per heavy atom. The number of nitrogen functional groups attached to an aromatic ring is 1. The first-order valence-corrected chi connectivity index (χ1v) is 8.27. The van der Waals surface area contributed by atoms with Crippen molar-refractivity contribution < 1.29 is 9.90 Å². The lowest BCUT2D eigenvalue weighted by Crippen LogP contribution is -2.39. The van der Waals surface area contributed by atoms with E-state index in [0.717, 1.165) is 13.0 Å². The highest BCUT2D eigenvalue weighted by atomic mass is 16.4. The van der Waals surface area contributed by atoms with Crippen LogP contribution in [0.3, 0.4) is 0 Å². The van der Waals surface area contributed by atoms with Gasteiger partial charge in [0.05, 0.1) is 11.9 Å². The van der Waals surface area contributed by atoms with Gasteiger partial charge in [-0.1, -0.05) is 13.3 Å². The summed E-state index contributed by atoms with van der Waals surface area (Å²) in [5.41, 5.74) is 10.8. The third kappa shape index (κ3) is 6.58. The fraction of sp³-hybridized carbons (Fsp3) is 0.750. The summed E-state index contributed by atoms with van der Waals surface area (Å²) in [5, 5.41) is 8.19. The summed E-state index contributed by atoms with van der Waals surface area (Å²) in [4.78, 5) is 16.6. The number of carbonyl (C=O) groups is 1. The van der Waals surface area contributed by atoms with Crippen LogP contribution in [0.4, 0.5) is 5.82 Å². The molecule has 1 unspecified atom stereocenters. The van der Waals surface area contributed by atoms with Crippen molar-refractivity contribution >= 4 is 11.8 Å². The normalized spacial score (nSPS) is 16.7. The zero-order valence-electron chi connectivity index (χ0n) is 14.5. The Morgan fingerprint density at radius 2 is 2.04 bits per heavy atom. The van der Waals surface area contributed by atoms with E-state index < -0.39 is 12.0 Å². The van der Waals surface area contributed by atoms with E-state index in [1.54, 1.807) is 0 Å². The van der Waals surface area contributed by atoms with Crippen LogP contribution in [0.15, 0.2) is 12.5 Å². The van der Waals surface area contributed by atoms with Crippen molar-refractivity contribution in [2.75, 3.05) is 25.4 Å². The number of carboxylic acid groups (broad SMARTS) is 1. The second-order valence-electron chi connectivity index (χ2n) is 6.73. The minimum absolute atomic E-state index is 0.0783. The summed E-state index contributed by atoms with van der Waals surface area (Å²) in [6, 6.07) is -0.667. The van der Waals surface area contributed by atoms with Gasteiger partial charge in [0, 0.05) is 12.7 Å². The highest BCUT2D eigenvalue weighted by molar-refractivity contribution is 5.72. The van der Waals surface area contributed by atoms with Crippen LogP contribution in [-0.2, 0) is 10.3 Å². The van der Waals surface area contributed by atoms with Gasteiger partial charge >= 0.3 is 5.97 Å². The van der Waals surface area contributed by atoms with E-state index in [-0.39, 0.29) is 5.54 Å². The summed E-state index contributed by atoms with van der Waals surface area (Å²) >= 11 is 0. The fourth-order valence-electron chi connectivity index (χ4n) is 2.67. The van der Waals surface area contributed by atoms with Crippen LogP contribution in [-0.4, -0.2) is 51.2 Å². The van der Waals surface area contributed by atoms with Crippen LogP contribution in [0.2, 0.25) is 0 Å². The third-order valence-electron chi connectivity index (χ3n) is 4.03. The van der Waals surface area contributed by atoms with Gasteiger partial charge in [-0.15, -0.1) is 0 Å². The Bertz CT molecular complexity index is 481. The van der Waals surface area contributed by atoms with Crippen molar-refractivity contribution in [1.82, 2.24) is 14.5 Å². The van der Waals surface area contributed by atoms with E-state index >= 15 is 0 Å². The van der Waals surface area contributed by atoms with Gasteiger partial charge in [-0.2, -0.15) is 0 Å². The van der Waals surface area contributed by atoms with Gasteiger partial charge in [0.1, 0.15) is 11.9 Å². The number of nitrogens with zero attached hydrogens (tertiary/aromatic N) is 3. The molecule has 2 heterocycles. The van der Waals surface area contributed by atoms with Crippen LogP contribution in [0.1, 0.15) is 46.5 Å². The molecule has 7 nitrogen and oxygen atoms in total. The first kappa shape index (κ1) is 19.4. The smallest absolute Gasteiger partial charge is 0.320 e. The maximum atomic E-state index is 9.96. The number of aromatic nitrogens is 2. The van der Waals surface area contributed by atoms with Crippen LogP contribution in [0.5, 0.6) is 0 Å². The van der Waals surface area contributed by atoms with Gasteiger partial charge in [-0.25, -0.2) is 4.98 Å². The molecule has 1 aliphatic rings. The monoisotopic (exact) mass is 325 g/mol. The molecule has 1 aliphatic heterocycles. The van der Waals surface area contributed by atoms with E-state index in [1.165, 1.54) is 25.9 Å². The second-order valence-corrected chi connectivity index (χ2v) is 6.73. The first-order valence-electron chi connectivity index (χ1n) is 8.27. The molecule has 2 rings (SSSR count). The van der Waals surface area contributed by atoms with Gasteiger partial charge in [0.25, 0.3) is 0 Å². The lowest BCUT2D eigenvalue weighted by Gasteiger charge is -2.31. The minimum atomic E-state index is -0.910. The van der Waals surface area contributed by atoms with Gasteiger partial charge in [-0.05, 0) is 46.2 Å². The van der Waals surface area contributed by atoms with E-state index in [1.807, 2.05) is 19.4 Å². The van der Waals surface area contributed by atoms with Crippen molar-refractivity contribution in [2.45, 2.75) is 58.0 Å². The van der Waals surface area contributed by atoms with Crippen molar-refractivity contribution in [3.8, 4) is 0 Å². The molecule has 0 aromatic carbocycles. The van der Waals surface area contributed by atoms with Gasteiger partial charge in [-0.3, -0.25) is 4.79 Å². The Labute approximate surface area is 138 Å². The molecule has 0 amide bonds. The molecule has 1 aromatic heterocycles. The SMILES string of the molecule is CC(C)(CN1CCCC1)n1cnc(N)c1.CCCC(N)C(=O)O. The molecule has 1 saturated heterocycles. The topological polar surface area (TPSA) is 110 Å². The lowest BCUT2D eigenvalue weighted by atomic mass is 10.1. The molecule has 0 spiro atoms. The van der Waals surface area contributed by atoms with Crippen molar-refractivity contribution in [1.29, 1.82) is 0 Å². The third-order valence-corrected chi connectivity index (χ3v) is 4.03. The number of imidazole rings is 1. The van der Waals surface area contributed by atoms with E-state index in [4.69, 9.17) is 16.6 Å². The van der Waals surface area contributed by atoms with Gasteiger partial charge in [0.15, 0.2) is 0 Å². The Morgan fingerprint density at radius 1 is 1.43 bits per heavy atom. The molecule has 1 atom stereocenters. The molecular weight excluding hydrogens is 294 g/mol. The van der Waals surface area contributed by atoms with Crippen LogP contribution < -0.4 is 11.5 Å². The zero-order valence-corrected chi connectivity index (χ0v) is 14.5. The molecule has 0 aliphatic carbocycles. The lowest BCUT2D eigenvalue weighted by molar-refractivity contribution is -0.138. The highest BCUT2D eigenvalue weighted by Gasteiger charge is 2.25. The number of rotatable bonds is 6. The Kier molecular flexibility index (Phi) is 7.51. The largest absolute Gasteiger partial charge is 0.480 e. The zero-order chi connectivity index (χ0) is 17.5. The van der Waals surface area contributed by atoms with E-state index in [9.17, 15) is 4.79 Å². The average Bonchev–Trinajstić information content (AvgIpc) is 3.11. The first-order chi connectivity index (χ1) is 10.8. The summed E-state index contributed by atoms with van der Waals surface area (Å²) in [6.45, 7) is 9.89. The molecule has 23 heavy (non-hydrogen) atoms. The van der Waals surface area contributed by atoms with Gasteiger partial charge in [0.2, 0.25) is 0 Å². The van der Waals surface area contributed by atoms with Crippen LogP contribution >= 0.6 is 0 Å². The molecule has 0 bridgehead atoms. The number of nitrogens with two attached hydrogens (primary N) is 2. The molecule has 132 valence electrons. The number of hydrogen-bond acceptors (Lipinski definition) is 5. The molecule has 1 aromatic rings. The quantitative estimate of drug-likeness (QED) is 0.731. The molecule has 0 radical (unpaired) electrons. The van der Waals surface area contributed by atoms with E-state index in [2.05, 4.69) is 28.3 Å². The van der Waals surface area contributed by atoms with Crippen molar-refractivity contribution in [3.05, 3.63) is 12.5 Å². The van der Waals surface area contributed by atoms with Crippen molar-refractivity contribution in [3.63, 3.8) is 0 Å². The van der Waals surface area contributed by atoms with Crippen LogP contribution in [0.25, 0.3) is 0 Å². The summed E-state index contributed by atoms with van der Waals surface area (Å²) in [7, 11) is 0. The summed E-state index contributed by atoms with van der Waals surface area (Å²) in [5.74, 6) is -0.309. The van der Waals surface area contributed by atoms with E-state index in [0.29, 0.717) is 12.2 Å². The maximum Gasteiger partial charge on any atom is 0.320 e. The predicted octanol–water partition coefficient (Wildman–Crippen LogP) is 1.49. The fourth-order valence-corrected chi connectivity index (χ4v) is 2.67. The Balaban J connectivity index is 0.000000284. The van der Waals surface area contributed by atoms with Gasteiger partial charge < -0.3 is 26.0 Å². The molecule has 0 saturated carbocycles. The average molecular weight is 325 g/mol. The minimum Gasteiger partial charge on any atom is -0.480 e. The number of likely N-dealkylation sites (tertiary alicyclic amines) is 1. The molecular formula is C16H31N5O2. The molecule has 5 N–H and O–H groups in total. The number of aliphatic carboxylic acids is 1. The predicted molar refractivity (Wildman–Crippen MR) is 92.2 cm³/mol. The Hall–Kier alpha value is -1.60. The number of carboxylic acids is 1. The van der Waals surface area contributed by atoms with Crippen LogP contribution in [0, 0.1) is 0 Å².